The minimum atomic E-state index is 0.471. The van der Waals surface area contributed by atoms with Crippen LogP contribution < -0.4 is 15.6 Å². The van der Waals surface area contributed by atoms with Crippen LogP contribution >= 0.6 is 0 Å². The molecule has 4 rings (SSSR count). The fraction of sp³-hybridized carbons (Fsp3) is 0.600. The van der Waals surface area contributed by atoms with Crippen molar-refractivity contribution in [1.29, 1.82) is 0 Å². The molecule has 1 aromatic heterocycles. The predicted octanol–water partition coefficient (Wildman–Crippen LogP) is 1.78. The summed E-state index contributed by atoms with van der Waals surface area (Å²) >= 11 is 0. The zero-order valence-electron chi connectivity index (χ0n) is 16.3. The van der Waals surface area contributed by atoms with Gasteiger partial charge in [-0.05, 0) is 56.5 Å². The van der Waals surface area contributed by atoms with Gasteiger partial charge in [0.1, 0.15) is 17.9 Å². The standard InChI is InChI=1S/C20H30N6O/c1-3-26-19(21-14-23-26)13-25-9-7-15(8-10-25)20-18(12-22-24-20)16-5-4-6-17(11-16)27-2/h4-6,11,14-15,18,20,22,24H,3,7-10,12-13H2,1-2H3. The van der Waals surface area contributed by atoms with Gasteiger partial charge in [-0.1, -0.05) is 12.1 Å². The first-order valence-corrected chi connectivity index (χ1v) is 10.00. The average Bonchev–Trinajstić information content (AvgIpc) is 3.38. The van der Waals surface area contributed by atoms with Gasteiger partial charge in [0.25, 0.3) is 0 Å². The summed E-state index contributed by atoms with van der Waals surface area (Å²) in [5, 5.41) is 4.29. The number of hydrogen-bond donors (Lipinski definition) is 2. The van der Waals surface area contributed by atoms with Crippen molar-refractivity contribution in [2.24, 2.45) is 5.92 Å². The highest BCUT2D eigenvalue weighted by Gasteiger charge is 2.36. The molecule has 3 heterocycles. The van der Waals surface area contributed by atoms with Crippen LogP contribution in [0.5, 0.6) is 5.75 Å². The first-order valence-electron chi connectivity index (χ1n) is 10.00. The van der Waals surface area contributed by atoms with Gasteiger partial charge >= 0.3 is 0 Å². The minimum absolute atomic E-state index is 0.471. The van der Waals surface area contributed by atoms with E-state index in [9.17, 15) is 0 Å². The van der Waals surface area contributed by atoms with Gasteiger partial charge in [0, 0.05) is 25.0 Å². The molecular weight excluding hydrogens is 340 g/mol. The number of aryl methyl sites for hydroxylation is 1. The number of hydrazine groups is 1. The number of methoxy groups -OCH3 is 1. The zero-order valence-corrected chi connectivity index (χ0v) is 16.3. The molecule has 0 bridgehead atoms. The van der Waals surface area contributed by atoms with Crippen molar-refractivity contribution in [1.82, 2.24) is 30.5 Å². The summed E-state index contributed by atoms with van der Waals surface area (Å²) in [4.78, 5) is 6.93. The molecule has 0 spiro atoms. The quantitative estimate of drug-likeness (QED) is 0.808. The van der Waals surface area contributed by atoms with Crippen molar-refractivity contribution >= 4 is 0 Å². The summed E-state index contributed by atoms with van der Waals surface area (Å²) in [6, 6.07) is 8.98. The SMILES string of the molecule is CCn1ncnc1CN1CCC(C2NNCC2c2cccc(OC)c2)CC1. The Hall–Kier alpha value is -1.96. The minimum Gasteiger partial charge on any atom is -0.497 e. The molecule has 0 aliphatic carbocycles. The smallest absolute Gasteiger partial charge is 0.140 e. The Morgan fingerprint density at radius 2 is 2.11 bits per heavy atom. The number of aromatic nitrogens is 3. The molecule has 2 aliphatic heterocycles. The summed E-state index contributed by atoms with van der Waals surface area (Å²) in [6.45, 7) is 7.09. The van der Waals surface area contributed by atoms with Crippen molar-refractivity contribution < 1.29 is 4.74 Å². The van der Waals surface area contributed by atoms with Gasteiger partial charge in [0.2, 0.25) is 0 Å². The Kier molecular flexibility index (Phi) is 5.71. The van der Waals surface area contributed by atoms with Crippen molar-refractivity contribution in [3.63, 3.8) is 0 Å². The number of ether oxygens (including phenoxy) is 1. The van der Waals surface area contributed by atoms with Gasteiger partial charge in [-0.3, -0.25) is 15.8 Å². The highest BCUT2D eigenvalue weighted by Crippen LogP contribution is 2.33. The van der Waals surface area contributed by atoms with Gasteiger partial charge in [-0.15, -0.1) is 0 Å². The summed E-state index contributed by atoms with van der Waals surface area (Å²) in [5.74, 6) is 3.18. The van der Waals surface area contributed by atoms with E-state index in [1.165, 1.54) is 18.4 Å². The van der Waals surface area contributed by atoms with Crippen molar-refractivity contribution in [3.8, 4) is 5.75 Å². The number of likely N-dealkylation sites (tertiary alicyclic amines) is 1. The van der Waals surface area contributed by atoms with E-state index in [1.807, 2.05) is 10.7 Å². The maximum atomic E-state index is 5.42. The number of benzene rings is 1. The molecule has 2 aliphatic rings. The van der Waals surface area contributed by atoms with E-state index >= 15 is 0 Å². The van der Waals surface area contributed by atoms with Gasteiger partial charge in [0.05, 0.1) is 13.7 Å². The van der Waals surface area contributed by atoms with Gasteiger partial charge in [-0.2, -0.15) is 5.10 Å². The Morgan fingerprint density at radius 3 is 2.89 bits per heavy atom. The monoisotopic (exact) mass is 370 g/mol. The van der Waals surface area contributed by atoms with E-state index in [0.29, 0.717) is 17.9 Å². The second-order valence-electron chi connectivity index (χ2n) is 7.54. The summed E-state index contributed by atoms with van der Waals surface area (Å²) in [7, 11) is 1.73. The van der Waals surface area contributed by atoms with E-state index in [4.69, 9.17) is 4.74 Å². The van der Waals surface area contributed by atoms with Crippen molar-refractivity contribution in [2.75, 3.05) is 26.7 Å². The van der Waals surface area contributed by atoms with Crippen LogP contribution in [0.4, 0.5) is 0 Å². The maximum absolute atomic E-state index is 5.42. The highest BCUT2D eigenvalue weighted by atomic mass is 16.5. The first-order chi connectivity index (χ1) is 13.3. The van der Waals surface area contributed by atoms with E-state index in [2.05, 4.69) is 51.0 Å². The lowest BCUT2D eigenvalue weighted by atomic mass is 9.80. The Labute approximate surface area is 161 Å². The lowest BCUT2D eigenvalue weighted by molar-refractivity contribution is 0.147. The van der Waals surface area contributed by atoms with Crippen LogP contribution in [0.1, 0.15) is 37.1 Å². The Morgan fingerprint density at radius 1 is 1.26 bits per heavy atom. The van der Waals surface area contributed by atoms with E-state index in [0.717, 1.165) is 44.3 Å². The van der Waals surface area contributed by atoms with Gasteiger partial charge in [0.15, 0.2) is 0 Å². The second-order valence-corrected chi connectivity index (χ2v) is 7.54. The molecule has 2 saturated heterocycles. The lowest BCUT2D eigenvalue weighted by Gasteiger charge is -2.36. The largest absolute Gasteiger partial charge is 0.497 e. The third kappa shape index (κ3) is 4.00. The molecule has 2 atom stereocenters. The van der Waals surface area contributed by atoms with E-state index < -0.39 is 0 Å². The van der Waals surface area contributed by atoms with Gasteiger partial charge < -0.3 is 4.74 Å². The predicted molar refractivity (Wildman–Crippen MR) is 104 cm³/mol. The van der Waals surface area contributed by atoms with Crippen LogP contribution in [0, 0.1) is 5.92 Å². The molecule has 7 nitrogen and oxygen atoms in total. The summed E-state index contributed by atoms with van der Waals surface area (Å²) in [6.07, 6.45) is 4.08. The number of nitrogens with one attached hydrogen (secondary N) is 2. The maximum Gasteiger partial charge on any atom is 0.140 e. The van der Waals surface area contributed by atoms with Crippen LogP contribution in [-0.4, -0.2) is 52.5 Å². The van der Waals surface area contributed by atoms with E-state index in [-0.39, 0.29) is 0 Å². The molecule has 7 heteroatoms. The summed E-state index contributed by atoms with van der Waals surface area (Å²) in [5.41, 5.74) is 8.30. The average molecular weight is 371 g/mol. The first kappa shape index (κ1) is 18.4. The van der Waals surface area contributed by atoms with Crippen LogP contribution in [0.3, 0.4) is 0 Å². The van der Waals surface area contributed by atoms with Crippen LogP contribution in [-0.2, 0) is 13.1 Å². The number of hydrogen-bond acceptors (Lipinski definition) is 6. The third-order valence-electron chi connectivity index (χ3n) is 6.05. The molecule has 1 aromatic carbocycles. The summed E-state index contributed by atoms with van der Waals surface area (Å²) < 4.78 is 7.41. The number of nitrogens with zero attached hydrogens (tertiary/aromatic N) is 4. The van der Waals surface area contributed by atoms with Crippen LogP contribution in [0.2, 0.25) is 0 Å². The van der Waals surface area contributed by atoms with Crippen LogP contribution in [0.25, 0.3) is 0 Å². The Balaban J connectivity index is 1.37. The lowest BCUT2D eigenvalue weighted by Crippen LogP contribution is -2.44. The fourth-order valence-corrected chi connectivity index (χ4v) is 4.50. The second kappa shape index (κ2) is 8.37. The molecule has 2 fully saturated rings. The Bertz CT molecular complexity index is 740. The number of piperidine rings is 1. The molecule has 2 unspecified atom stereocenters. The van der Waals surface area contributed by atoms with Crippen molar-refractivity contribution in [3.05, 3.63) is 42.0 Å². The molecule has 2 aromatic rings. The zero-order chi connectivity index (χ0) is 18.6. The topological polar surface area (TPSA) is 67.2 Å². The molecule has 2 N–H and O–H groups in total. The van der Waals surface area contributed by atoms with E-state index in [1.54, 1.807) is 13.4 Å². The van der Waals surface area contributed by atoms with Crippen LogP contribution in [0.15, 0.2) is 30.6 Å². The molecule has 0 amide bonds. The third-order valence-corrected chi connectivity index (χ3v) is 6.05. The number of rotatable bonds is 6. The molecular formula is C20H30N6O. The van der Waals surface area contributed by atoms with Gasteiger partial charge in [-0.25, -0.2) is 9.67 Å². The molecule has 27 heavy (non-hydrogen) atoms. The fourth-order valence-electron chi connectivity index (χ4n) is 4.50. The highest BCUT2D eigenvalue weighted by molar-refractivity contribution is 5.32. The van der Waals surface area contributed by atoms with Crippen molar-refractivity contribution in [2.45, 2.75) is 44.8 Å². The molecule has 0 radical (unpaired) electrons. The molecule has 146 valence electrons. The molecule has 0 saturated carbocycles. The normalized spacial score (nSPS) is 24.4.